The minimum atomic E-state index is -0.625. The first-order valence-electron chi connectivity index (χ1n) is 7.84. The van der Waals surface area contributed by atoms with Crippen LogP contribution in [0.2, 0.25) is 0 Å². The molecule has 3 rings (SSSR count). The molecule has 6 heteroatoms. The third-order valence-corrected chi connectivity index (χ3v) is 4.40. The predicted octanol–water partition coefficient (Wildman–Crippen LogP) is 3.83. The molecule has 1 saturated heterocycles. The highest BCUT2D eigenvalue weighted by atomic mass is 19.1. The van der Waals surface area contributed by atoms with Crippen LogP contribution in [0.3, 0.4) is 0 Å². The molecule has 1 fully saturated rings. The smallest absolute Gasteiger partial charge is 0.295 e. The van der Waals surface area contributed by atoms with Gasteiger partial charge in [0.25, 0.3) is 5.69 Å². The molecule has 124 valence electrons. The lowest BCUT2D eigenvalue weighted by molar-refractivity contribution is -0.384. The minimum Gasteiger partial charge on any atom is -0.366 e. The standard InChI is InChI=1S/C18H17FN2O3/c19-15-6-7-16(17(12-15)21(23)24)20-10-8-14(9-11-20)18(22)13-4-2-1-3-5-13/h1-7,12,14H,8-11H2. The lowest BCUT2D eigenvalue weighted by Crippen LogP contribution is -2.36. The highest BCUT2D eigenvalue weighted by Crippen LogP contribution is 2.32. The Labute approximate surface area is 138 Å². The molecule has 0 atom stereocenters. The number of benzene rings is 2. The molecule has 24 heavy (non-hydrogen) atoms. The number of hydrogen-bond acceptors (Lipinski definition) is 4. The third kappa shape index (κ3) is 3.27. The van der Waals surface area contributed by atoms with E-state index < -0.39 is 10.7 Å². The molecular weight excluding hydrogens is 311 g/mol. The first kappa shape index (κ1) is 16.1. The van der Waals surface area contributed by atoms with Crippen LogP contribution in [0.25, 0.3) is 0 Å². The van der Waals surface area contributed by atoms with Gasteiger partial charge in [0.05, 0.1) is 11.0 Å². The Hall–Kier alpha value is -2.76. The topological polar surface area (TPSA) is 63.5 Å². The predicted molar refractivity (Wildman–Crippen MR) is 88.8 cm³/mol. The maximum Gasteiger partial charge on any atom is 0.295 e. The summed E-state index contributed by atoms with van der Waals surface area (Å²) in [5.74, 6) is -0.591. The zero-order valence-corrected chi connectivity index (χ0v) is 13.0. The molecule has 0 aromatic heterocycles. The van der Waals surface area contributed by atoms with E-state index in [-0.39, 0.29) is 17.4 Å². The molecule has 1 aliphatic rings. The number of nitro groups is 1. The molecule has 0 aliphatic carbocycles. The van der Waals surface area contributed by atoms with E-state index in [9.17, 15) is 19.3 Å². The third-order valence-electron chi connectivity index (χ3n) is 4.40. The van der Waals surface area contributed by atoms with Gasteiger partial charge in [0.15, 0.2) is 5.78 Å². The summed E-state index contributed by atoms with van der Waals surface area (Å²) in [6, 6.07) is 12.8. The number of Topliss-reactive ketones (excluding diaryl/α,β-unsaturated/α-hetero) is 1. The maximum atomic E-state index is 13.3. The normalized spacial score (nSPS) is 15.3. The summed E-state index contributed by atoms with van der Waals surface area (Å²) in [6.45, 7) is 1.07. The van der Waals surface area contributed by atoms with Crippen molar-refractivity contribution in [2.24, 2.45) is 5.92 Å². The molecule has 2 aromatic rings. The molecule has 1 heterocycles. The van der Waals surface area contributed by atoms with Crippen LogP contribution in [-0.4, -0.2) is 23.8 Å². The molecular formula is C18H17FN2O3. The molecule has 0 amide bonds. The maximum absolute atomic E-state index is 13.3. The molecule has 0 saturated carbocycles. The van der Waals surface area contributed by atoms with E-state index in [0.29, 0.717) is 37.2 Å². The van der Waals surface area contributed by atoms with Gasteiger partial charge in [0.1, 0.15) is 11.5 Å². The number of halogens is 1. The van der Waals surface area contributed by atoms with E-state index in [1.165, 1.54) is 12.1 Å². The van der Waals surface area contributed by atoms with Crippen molar-refractivity contribution in [3.05, 3.63) is 70.0 Å². The van der Waals surface area contributed by atoms with Crippen LogP contribution in [0.15, 0.2) is 48.5 Å². The van der Waals surface area contributed by atoms with Crippen molar-refractivity contribution in [1.29, 1.82) is 0 Å². The summed E-state index contributed by atoms with van der Waals surface area (Å²) in [6.07, 6.45) is 1.25. The van der Waals surface area contributed by atoms with Crippen LogP contribution in [0, 0.1) is 21.8 Å². The molecule has 0 spiro atoms. The second kappa shape index (κ2) is 6.78. The number of rotatable bonds is 4. The van der Waals surface area contributed by atoms with Crippen molar-refractivity contribution in [2.45, 2.75) is 12.8 Å². The summed E-state index contributed by atoms with van der Waals surface area (Å²) in [7, 11) is 0. The molecule has 0 radical (unpaired) electrons. The van der Waals surface area contributed by atoms with E-state index >= 15 is 0 Å². The highest BCUT2D eigenvalue weighted by Gasteiger charge is 2.28. The second-order valence-corrected chi connectivity index (χ2v) is 5.88. The molecule has 1 aliphatic heterocycles. The Balaban J connectivity index is 1.72. The number of anilines is 1. The monoisotopic (exact) mass is 328 g/mol. The van der Waals surface area contributed by atoms with E-state index in [1.807, 2.05) is 23.1 Å². The molecule has 0 unspecified atom stereocenters. The number of ketones is 1. The van der Waals surface area contributed by atoms with E-state index in [1.54, 1.807) is 12.1 Å². The summed E-state index contributed by atoms with van der Waals surface area (Å²) in [5, 5.41) is 11.1. The largest absolute Gasteiger partial charge is 0.366 e. The number of carbonyl (C=O) groups is 1. The number of piperidine rings is 1. The zero-order chi connectivity index (χ0) is 17.1. The van der Waals surface area contributed by atoms with Crippen molar-refractivity contribution in [1.82, 2.24) is 0 Å². The van der Waals surface area contributed by atoms with Crippen molar-refractivity contribution in [3.8, 4) is 0 Å². The molecule has 5 nitrogen and oxygen atoms in total. The van der Waals surface area contributed by atoms with Crippen LogP contribution in [-0.2, 0) is 0 Å². The molecule has 0 N–H and O–H groups in total. The van der Waals surface area contributed by atoms with Gasteiger partial charge in [-0.25, -0.2) is 4.39 Å². The Morgan fingerprint density at radius 1 is 1.12 bits per heavy atom. The molecule has 2 aromatic carbocycles. The Morgan fingerprint density at radius 3 is 2.42 bits per heavy atom. The quantitative estimate of drug-likeness (QED) is 0.486. The van der Waals surface area contributed by atoms with Gasteiger partial charge in [-0.2, -0.15) is 0 Å². The van der Waals surface area contributed by atoms with Crippen molar-refractivity contribution in [3.63, 3.8) is 0 Å². The van der Waals surface area contributed by atoms with Gasteiger partial charge in [0, 0.05) is 24.6 Å². The first-order valence-corrected chi connectivity index (χ1v) is 7.84. The SMILES string of the molecule is O=C(c1ccccc1)C1CCN(c2ccc(F)cc2[N+](=O)[O-])CC1. The van der Waals surface area contributed by atoms with Crippen LogP contribution >= 0.6 is 0 Å². The van der Waals surface area contributed by atoms with Gasteiger partial charge >= 0.3 is 0 Å². The summed E-state index contributed by atoms with van der Waals surface area (Å²) < 4.78 is 13.3. The van der Waals surface area contributed by atoms with Crippen molar-refractivity contribution >= 4 is 17.2 Å². The fraction of sp³-hybridized carbons (Fsp3) is 0.278. The lowest BCUT2D eigenvalue weighted by Gasteiger charge is -2.32. The number of hydrogen-bond donors (Lipinski definition) is 0. The summed E-state index contributed by atoms with van der Waals surface area (Å²) >= 11 is 0. The van der Waals surface area contributed by atoms with Gasteiger partial charge in [-0.15, -0.1) is 0 Å². The average molecular weight is 328 g/mol. The van der Waals surface area contributed by atoms with Crippen LogP contribution in [0.4, 0.5) is 15.8 Å². The fourth-order valence-corrected chi connectivity index (χ4v) is 3.13. The molecule has 0 bridgehead atoms. The van der Waals surface area contributed by atoms with E-state index in [0.717, 1.165) is 6.07 Å². The van der Waals surface area contributed by atoms with Crippen molar-refractivity contribution < 1.29 is 14.1 Å². The fourth-order valence-electron chi connectivity index (χ4n) is 3.13. The first-order chi connectivity index (χ1) is 11.6. The van der Waals surface area contributed by atoms with Crippen molar-refractivity contribution in [2.75, 3.05) is 18.0 Å². The van der Waals surface area contributed by atoms with Gasteiger partial charge in [-0.1, -0.05) is 30.3 Å². The van der Waals surface area contributed by atoms with Gasteiger partial charge < -0.3 is 4.90 Å². The number of nitro benzene ring substituents is 1. The van der Waals surface area contributed by atoms with Gasteiger partial charge in [0.2, 0.25) is 0 Å². The zero-order valence-electron chi connectivity index (χ0n) is 13.0. The van der Waals surface area contributed by atoms with Crippen LogP contribution < -0.4 is 4.90 Å². The number of carbonyl (C=O) groups excluding carboxylic acids is 1. The number of nitrogens with zero attached hydrogens (tertiary/aromatic N) is 2. The highest BCUT2D eigenvalue weighted by molar-refractivity contribution is 5.98. The van der Waals surface area contributed by atoms with Gasteiger partial charge in [-0.3, -0.25) is 14.9 Å². The van der Waals surface area contributed by atoms with Crippen LogP contribution in [0.1, 0.15) is 23.2 Å². The average Bonchev–Trinajstić information content (AvgIpc) is 2.62. The second-order valence-electron chi connectivity index (χ2n) is 5.88. The van der Waals surface area contributed by atoms with E-state index in [2.05, 4.69) is 0 Å². The van der Waals surface area contributed by atoms with E-state index in [4.69, 9.17) is 0 Å². The lowest BCUT2D eigenvalue weighted by atomic mass is 9.88. The Kier molecular flexibility index (Phi) is 4.55. The van der Waals surface area contributed by atoms with Crippen LogP contribution in [0.5, 0.6) is 0 Å². The Morgan fingerprint density at radius 2 is 1.79 bits per heavy atom. The summed E-state index contributed by atoms with van der Waals surface area (Å²) in [4.78, 5) is 24.9. The minimum absolute atomic E-state index is 0.0804. The summed E-state index contributed by atoms with van der Waals surface area (Å²) in [5.41, 5.74) is 0.874. The Bertz CT molecular complexity index is 756. The van der Waals surface area contributed by atoms with Gasteiger partial charge in [-0.05, 0) is 25.0 Å².